The Kier molecular flexibility index (Phi) is 5.53. The van der Waals surface area contributed by atoms with Crippen LogP contribution in [0.4, 0.5) is 0 Å². The molecule has 33 heavy (non-hydrogen) atoms. The van der Waals surface area contributed by atoms with Gasteiger partial charge in [-0.15, -0.1) is 0 Å². The molecule has 0 radical (unpaired) electrons. The van der Waals surface area contributed by atoms with Crippen LogP contribution in [0.1, 0.15) is 55.2 Å². The van der Waals surface area contributed by atoms with Crippen LogP contribution in [0.25, 0.3) is 0 Å². The first-order valence-corrected chi connectivity index (χ1v) is 12.9. The highest BCUT2D eigenvalue weighted by molar-refractivity contribution is 7.84. The van der Waals surface area contributed by atoms with Crippen LogP contribution in [-0.4, -0.2) is 19.3 Å². The van der Waals surface area contributed by atoms with E-state index in [0.717, 1.165) is 48.8 Å². The van der Waals surface area contributed by atoms with Gasteiger partial charge in [0, 0.05) is 29.9 Å². The lowest BCUT2D eigenvalue weighted by atomic mass is 9.54. The van der Waals surface area contributed by atoms with Gasteiger partial charge in [-0.1, -0.05) is 25.1 Å². The second kappa shape index (κ2) is 8.25. The van der Waals surface area contributed by atoms with Crippen molar-refractivity contribution in [2.45, 2.75) is 51.5 Å². The van der Waals surface area contributed by atoms with Gasteiger partial charge in [0.1, 0.15) is 5.75 Å². The third kappa shape index (κ3) is 4.17. The number of hydrogen-bond donors (Lipinski definition) is 2. The fourth-order valence-electron chi connectivity index (χ4n) is 6.44. The van der Waals surface area contributed by atoms with E-state index >= 15 is 0 Å². The highest BCUT2D eigenvalue weighted by Crippen LogP contribution is 2.61. The average molecular weight is 468 g/mol. The average Bonchev–Trinajstić information content (AvgIpc) is 3.14. The number of aromatic nitrogens is 1. The van der Waals surface area contributed by atoms with Crippen LogP contribution >= 0.6 is 0 Å². The zero-order valence-electron chi connectivity index (χ0n) is 18.7. The Morgan fingerprint density at radius 2 is 2.15 bits per heavy atom. The van der Waals surface area contributed by atoms with Crippen molar-refractivity contribution < 1.29 is 17.4 Å². The van der Waals surface area contributed by atoms with Crippen molar-refractivity contribution in [3.63, 3.8) is 0 Å². The quantitative estimate of drug-likeness (QED) is 0.700. The number of nitrogens with two attached hydrogens (primary N) is 1. The number of carbonyl (C=O) groups excluding carboxylic acids is 1. The van der Waals surface area contributed by atoms with E-state index < -0.39 is 10.3 Å². The molecule has 1 amide bonds. The molecule has 1 aromatic carbocycles. The molecule has 1 heterocycles. The molecule has 4 atom stereocenters. The summed E-state index contributed by atoms with van der Waals surface area (Å²) in [5.41, 5.74) is 4.22. The lowest BCUT2D eigenvalue weighted by Crippen LogP contribution is -2.43. The molecule has 3 aliphatic carbocycles. The summed E-state index contributed by atoms with van der Waals surface area (Å²) in [6.07, 6.45) is 10.4. The summed E-state index contributed by atoms with van der Waals surface area (Å²) in [5, 5.41) is 8.11. The van der Waals surface area contributed by atoms with Crippen molar-refractivity contribution in [1.82, 2.24) is 10.3 Å². The van der Waals surface area contributed by atoms with Gasteiger partial charge in [-0.05, 0) is 84.7 Å². The van der Waals surface area contributed by atoms with Crippen LogP contribution in [-0.2, 0) is 28.1 Å². The van der Waals surface area contributed by atoms with E-state index in [1.165, 1.54) is 5.56 Å². The van der Waals surface area contributed by atoms with Crippen molar-refractivity contribution >= 4 is 16.2 Å². The third-order valence-corrected chi connectivity index (χ3v) is 8.34. The molecule has 4 unspecified atom stereocenters. The second-order valence-electron chi connectivity index (χ2n) is 9.71. The van der Waals surface area contributed by atoms with Gasteiger partial charge in [0.05, 0.1) is 0 Å². The molecule has 0 saturated heterocycles. The standard InChI is InChI=1S/C25H29N3O4S/c1-25-11-10-20-19-7-5-18(32-33(26,30)31)13-17(19)4-6-21(20)22(25)8-9-23(25)24(29)28-15-16-3-2-12-27-14-16/h2-3,5,7,9,12-14,20-22H,4,6,8,10-11,15H2,1H3,(H,28,29)(H2,26,30,31). The lowest BCUT2D eigenvalue weighted by molar-refractivity contribution is -0.119. The number of hydrogen-bond acceptors (Lipinski definition) is 5. The molecule has 0 bridgehead atoms. The summed E-state index contributed by atoms with van der Waals surface area (Å²) in [4.78, 5) is 17.2. The summed E-state index contributed by atoms with van der Waals surface area (Å²) in [6, 6.07) is 9.35. The first-order valence-electron chi connectivity index (χ1n) is 11.5. The van der Waals surface area contributed by atoms with Crippen LogP contribution in [0.2, 0.25) is 0 Å². The highest BCUT2D eigenvalue weighted by Gasteiger charge is 2.53. The van der Waals surface area contributed by atoms with Gasteiger partial charge in [-0.2, -0.15) is 13.6 Å². The largest absolute Gasteiger partial charge is 0.380 e. The minimum absolute atomic E-state index is 0.0308. The molecule has 0 aliphatic heterocycles. The van der Waals surface area contributed by atoms with Crippen molar-refractivity contribution in [2.75, 3.05) is 0 Å². The van der Waals surface area contributed by atoms with E-state index in [1.54, 1.807) is 18.5 Å². The molecule has 1 aromatic heterocycles. The Balaban J connectivity index is 1.31. The summed E-state index contributed by atoms with van der Waals surface area (Å²) in [6.45, 7) is 2.74. The molecule has 1 saturated carbocycles. The van der Waals surface area contributed by atoms with E-state index in [4.69, 9.17) is 9.32 Å². The maximum absolute atomic E-state index is 13.1. The normalized spacial score (nSPS) is 28.2. The predicted molar refractivity (Wildman–Crippen MR) is 124 cm³/mol. The minimum atomic E-state index is -4.03. The van der Waals surface area contributed by atoms with Crippen molar-refractivity contribution in [1.29, 1.82) is 0 Å². The maximum Gasteiger partial charge on any atom is 0.380 e. The smallest absolute Gasteiger partial charge is 0.371 e. The Hall–Kier alpha value is -2.71. The van der Waals surface area contributed by atoms with Gasteiger partial charge in [-0.25, -0.2) is 0 Å². The van der Waals surface area contributed by atoms with E-state index in [0.29, 0.717) is 24.3 Å². The van der Waals surface area contributed by atoms with Crippen LogP contribution in [0.5, 0.6) is 5.75 Å². The molecule has 3 N–H and O–H groups in total. The Labute approximate surface area is 194 Å². The van der Waals surface area contributed by atoms with Crippen LogP contribution < -0.4 is 14.6 Å². The Morgan fingerprint density at radius 3 is 2.91 bits per heavy atom. The van der Waals surface area contributed by atoms with Crippen LogP contribution in [0.15, 0.2) is 54.4 Å². The third-order valence-electron chi connectivity index (χ3n) is 7.91. The van der Waals surface area contributed by atoms with E-state index in [9.17, 15) is 13.2 Å². The Morgan fingerprint density at radius 1 is 1.30 bits per heavy atom. The van der Waals surface area contributed by atoms with Crippen LogP contribution in [0, 0.1) is 17.3 Å². The first-order chi connectivity index (χ1) is 15.7. The van der Waals surface area contributed by atoms with Gasteiger partial charge < -0.3 is 9.50 Å². The maximum atomic E-state index is 13.1. The first kappa shape index (κ1) is 22.1. The number of amides is 1. The van der Waals surface area contributed by atoms with Crippen LogP contribution in [0.3, 0.4) is 0 Å². The fraction of sp³-hybridized carbons (Fsp3) is 0.440. The molecule has 2 aromatic rings. The zero-order valence-corrected chi connectivity index (χ0v) is 19.5. The van der Waals surface area contributed by atoms with E-state index in [1.807, 2.05) is 24.3 Å². The number of rotatable bonds is 5. The van der Waals surface area contributed by atoms with E-state index in [2.05, 4.69) is 23.3 Å². The number of allylic oxidation sites excluding steroid dienone is 1. The van der Waals surface area contributed by atoms with Gasteiger partial charge in [0.25, 0.3) is 0 Å². The number of nitrogens with zero attached hydrogens (tertiary/aromatic N) is 1. The summed E-state index contributed by atoms with van der Waals surface area (Å²) in [7, 11) is -4.03. The molecule has 0 spiro atoms. The molecule has 7 nitrogen and oxygen atoms in total. The monoisotopic (exact) mass is 467 g/mol. The fourth-order valence-corrected chi connectivity index (χ4v) is 6.82. The van der Waals surface area contributed by atoms with Crippen molar-refractivity contribution in [2.24, 2.45) is 22.4 Å². The number of nitrogens with one attached hydrogen (secondary N) is 1. The summed E-state index contributed by atoms with van der Waals surface area (Å²) >= 11 is 0. The SMILES string of the molecule is CC12CCC3c4ccc(OS(N)(=O)=O)cc4CCC3C1CC=C2C(=O)NCc1cccnc1. The second-order valence-corrected chi connectivity index (χ2v) is 10.9. The van der Waals surface area contributed by atoms with Crippen molar-refractivity contribution in [3.8, 4) is 5.75 Å². The van der Waals surface area contributed by atoms with Gasteiger partial charge in [0.2, 0.25) is 5.91 Å². The molecule has 8 heteroatoms. The Bertz CT molecular complexity index is 1210. The lowest BCUT2D eigenvalue weighted by Gasteiger charge is -2.50. The number of fused-ring (bicyclic) bond motifs is 5. The molecule has 1 fully saturated rings. The molecular formula is C25H29N3O4S. The number of benzene rings is 1. The molecular weight excluding hydrogens is 438 g/mol. The highest BCUT2D eigenvalue weighted by atomic mass is 32.2. The summed E-state index contributed by atoms with van der Waals surface area (Å²) < 4.78 is 27.4. The van der Waals surface area contributed by atoms with Crippen molar-refractivity contribution in [3.05, 3.63) is 71.1 Å². The minimum Gasteiger partial charge on any atom is -0.371 e. The van der Waals surface area contributed by atoms with Gasteiger partial charge in [-0.3, -0.25) is 9.78 Å². The number of pyridine rings is 1. The topological polar surface area (TPSA) is 111 Å². The molecule has 174 valence electrons. The predicted octanol–water partition coefficient (Wildman–Crippen LogP) is 3.37. The molecule has 3 aliphatic rings. The number of carbonyl (C=O) groups is 1. The number of aryl methyl sites for hydroxylation is 1. The van der Waals surface area contributed by atoms with E-state index in [-0.39, 0.29) is 17.1 Å². The molecule has 5 rings (SSSR count). The summed E-state index contributed by atoms with van der Waals surface area (Å²) in [5.74, 6) is 1.65. The van der Waals surface area contributed by atoms with Gasteiger partial charge in [0.15, 0.2) is 0 Å². The zero-order chi connectivity index (χ0) is 23.2. The van der Waals surface area contributed by atoms with Gasteiger partial charge >= 0.3 is 10.3 Å².